The quantitative estimate of drug-likeness (QED) is 0.170. The van der Waals surface area contributed by atoms with Crippen LogP contribution in [0.1, 0.15) is 63.7 Å². The van der Waals surface area contributed by atoms with Gasteiger partial charge in [-0.3, -0.25) is 24.1 Å². The first-order chi connectivity index (χ1) is 23.6. The van der Waals surface area contributed by atoms with Crippen LogP contribution in [0.25, 0.3) is 10.8 Å². The first-order valence-corrected chi connectivity index (χ1v) is 17.0. The third kappa shape index (κ3) is 6.65. The van der Waals surface area contributed by atoms with Crippen molar-refractivity contribution < 1.29 is 23.9 Å². The van der Waals surface area contributed by atoms with Gasteiger partial charge in [-0.25, -0.2) is 0 Å². The number of ketones is 1. The summed E-state index contributed by atoms with van der Waals surface area (Å²) in [5, 5.41) is 5.50. The highest BCUT2D eigenvalue weighted by Gasteiger charge is 2.41. The number of carbonyl (C=O) groups is 4. The number of Topliss-reactive ketones (excluding diaryl/α,β-unsaturated/α-hetero) is 1. The number of halogens is 1. The predicted molar refractivity (Wildman–Crippen MR) is 192 cm³/mol. The van der Waals surface area contributed by atoms with Crippen molar-refractivity contribution in [2.24, 2.45) is 0 Å². The van der Waals surface area contributed by atoms with E-state index in [9.17, 15) is 19.2 Å². The molecule has 0 saturated heterocycles. The van der Waals surface area contributed by atoms with Crippen LogP contribution in [0.3, 0.4) is 0 Å². The third-order valence-corrected chi connectivity index (χ3v) is 9.88. The van der Waals surface area contributed by atoms with Gasteiger partial charge in [0.1, 0.15) is 11.5 Å². The number of allylic oxidation sites excluding steroid dienone is 1. The summed E-state index contributed by atoms with van der Waals surface area (Å²) in [7, 11) is 5.48. The molecule has 3 amide bonds. The van der Waals surface area contributed by atoms with Crippen molar-refractivity contribution in [2.45, 2.75) is 44.7 Å². The molecule has 3 aliphatic rings. The number of methoxy groups -OCH3 is 1. The Morgan fingerprint density at radius 2 is 1.67 bits per heavy atom. The number of nitrogens with one attached hydrogen (secondary N) is 1. The van der Waals surface area contributed by atoms with E-state index in [4.69, 9.17) is 16.3 Å². The number of imide groups is 1. The molecular weight excluding hydrogens is 640 g/mol. The fraction of sp³-hybridized carbons (Fsp3) is 0.333. The van der Waals surface area contributed by atoms with Crippen LogP contribution in [0.5, 0.6) is 0 Å². The summed E-state index contributed by atoms with van der Waals surface area (Å²) in [5.74, 6) is 0.110. The van der Waals surface area contributed by atoms with E-state index in [-0.39, 0.29) is 48.6 Å². The van der Waals surface area contributed by atoms with Gasteiger partial charge >= 0.3 is 0 Å². The summed E-state index contributed by atoms with van der Waals surface area (Å²) in [6.45, 7) is 3.35. The molecule has 2 atom stereocenters. The number of carbonyl (C=O) groups excluding carboxylic acids is 4. The van der Waals surface area contributed by atoms with Crippen molar-refractivity contribution in [1.82, 2.24) is 15.1 Å². The van der Waals surface area contributed by atoms with Crippen LogP contribution in [-0.4, -0.2) is 86.2 Å². The highest BCUT2D eigenvalue weighted by Crippen LogP contribution is 2.39. The van der Waals surface area contributed by atoms with Crippen molar-refractivity contribution in [3.8, 4) is 0 Å². The lowest BCUT2D eigenvalue weighted by molar-refractivity contribution is -0.118. The average molecular weight is 681 g/mol. The van der Waals surface area contributed by atoms with Crippen molar-refractivity contribution in [3.63, 3.8) is 0 Å². The minimum absolute atomic E-state index is 0.124. The summed E-state index contributed by atoms with van der Waals surface area (Å²) in [4.78, 5) is 58.6. The van der Waals surface area contributed by atoms with Gasteiger partial charge in [0.2, 0.25) is 0 Å². The van der Waals surface area contributed by atoms with Crippen molar-refractivity contribution >= 4 is 51.6 Å². The first-order valence-electron chi connectivity index (χ1n) is 16.7. The highest BCUT2D eigenvalue weighted by molar-refractivity contribution is 6.30. The maximum atomic E-state index is 13.6. The van der Waals surface area contributed by atoms with Gasteiger partial charge in [0.25, 0.3) is 17.7 Å². The maximum absolute atomic E-state index is 13.6. The van der Waals surface area contributed by atoms with Crippen molar-refractivity contribution in [1.29, 1.82) is 0 Å². The molecule has 49 heavy (non-hydrogen) atoms. The second-order valence-corrected chi connectivity index (χ2v) is 13.3. The zero-order valence-corrected chi connectivity index (χ0v) is 29.0. The lowest BCUT2D eigenvalue weighted by Crippen LogP contribution is -2.44. The number of amides is 3. The van der Waals surface area contributed by atoms with Crippen LogP contribution in [0, 0.1) is 0 Å². The summed E-state index contributed by atoms with van der Waals surface area (Å²) >= 11 is 6.06. The van der Waals surface area contributed by atoms with E-state index < -0.39 is 0 Å². The summed E-state index contributed by atoms with van der Waals surface area (Å²) in [6.07, 6.45) is 7.92. The lowest BCUT2D eigenvalue weighted by Gasteiger charge is -2.30. The molecule has 0 fully saturated rings. The molecule has 2 heterocycles. The zero-order valence-electron chi connectivity index (χ0n) is 28.3. The molecule has 3 aromatic rings. The molecule has 1 aliphatic carbocycles. The van der Waals surface area contributed by atoms with E-state index in [1.54, 1.807) is 37.4 Å². The van der Waals surface area contributed by atoms with Gasteiger partial charge in [0.15, 0.2) is 0 Å². The Hall–Kier alpha value is -4.73. The van der Waals surface area contributed by atoms with Crippen molar-refractivity contribution in [2.75, 3.05) is 45.7 Å². The molecule has 6 rings (SSSR count). The second kappa shape index (κ2) is 14.4. The van der Waals surface area contributed by atoms with Gasteiger partial charge in [-0.2, -0.15) is 0 Å². The Labute approximate surface area is 291 Å². The van der Waals surface area contributed by atoms with Gasteiger partial charge in [-0.1, -0.05) is 29.8 Å². The van der Waals surface area contributed by atoms with E-state index in [1.165, 1.54) is 4.90 Å². The van der Waals surface area contributed by atoms with Crippen LogP contribution in [0.4, 0.5) is 5.69 Å². The normalized spacial score (nSPS) is 18.3. The Morgan fingerprint density at radius 1 is 0.939 bits per heavy atom. The number of benzene rings is 3. The van der Waals surface area contributed by atoms with Crippen LogP contribution in [-0.2, 0) is 9.53 Å². The fourth-order valence-corrected chi connectivity index (χ4v) is 7.22. The molecule has 2 unspecified atom stereocenters. The van der Waals surface area contributed by atoms with Crippen LogP contribution >= 0.6 is 11.6 Å². The molecule has 0 aromatic heterocycles. The average Bonchev–Trinajstić information content (AvgIpc) is 3.36. The number of ether oxygens (including phenoxy) is 1. The van der Waals surface area contributed by atoms with E-state index in [1.807, 2.05) is 73.3 Å². The van der Waals surface area contributed by atoms with Crippen LogP contribution < -0.4 is 10.2 Å². The maximum Gasteiger partial charge on any atom is 0.261 e. The molecule has 0 spiro atoms. The second-order valence-electron chi connectivity index (χ2n) is 12.9. The van der Waals surface area contributed by atoms with Gasteiger partial charge < -0.3 is 19.9 Å². The van der Waals surface area contributed by atoms with Gasteiger partial charge in [0.05, 0.1) is 19.2 Å². The van der Waals surface area contributed by atoms with Gasteiger partial charge in [0, 0.05) is 78.2 Å². The number of hydrogen-bond acceptors (Lipinski definition) is 7. The fourth-order valence-electron chi connectivity index (χ4n) is 7.09. The summed E-state index contributed by atoms with van der Waals surface area (Å²) in [5.41, 5.74) is 4.50. The minimum atomic E-state index is -0.319. The SMILES string of the molecule is COC1=CC2C(=C(CC(=O)CCCCNCCN3C(=O)c4cccc5c(N(C)C)ccc(c45)C3=O)C(C)N2C(=O)c2ccc(Cl)cc2)C=C1. The Balaban J connectivity index is 0.998. The minimum Gasteiger partial charge on any atom is -0.497 e. The lowest BCUT2D eigenvalue weighted by atomic mass is 9.93. The van der Waals surface area contributed by atoms with E-state index in [0.717, 1.165) is 28.6 Å². The predicted octanol–water partition coefficient (Wildman–Crippen LogP) is 6.18. The molecule has 0 radical (unpaired) electrons. The molecule has 9 nitrogen and oxygen atoms in total. The van der Waals surface area contributed by atoms with Gasteiger partial charge in [-0.05, 0) is 92.1 Å². The Morgan fingerprint density at radius 3 is 2.39 bits per heavy atom. The number of unbranched alkanes of at least 4 members (excludes halogenated alkanes) is 1. The molecule has 254 valence electrons. The summed E-state index contributed by atoms with van der Waals surface area (Å²) in [6, 6.07) is 15.6. The smallest absolute Gasteiger partial charge is 0.261 e. The molecule has 2 aliphatic heterocycles. The van der Waals surface area contributed by atoms with Crippen LogP contribution in [0.2, 0.25) is 5.02 Å². The number of rotatable bonds is 13. The molecule has 3 aromatic carbocycles. The largest absolute Gasteiger partial charge is 0.497 e. The zero-order chi connectivity index (χ0) is 34.8. The summed E-state index contributed by atoms with van der Waals surface area (Å²) < 4.78 is 5.46. The van der Waals surface area contributed by atoms with E-state index >= 15 is 0 Å². The van der Waals surface area contributed by atoms with Crippen molar-refractivity contribution in [3.05, 3.63) is 111 Å². The molecule has 10 heteroatoms. The Kier molecular flexibility index (Phi) is 10.0. The molecule has 0 saturated carbocycles. The molecular formula is C39H41ClN4O5. The number of anilines is 1. The standard InChI is InChI=1S/C39H41ClN4O5/c1-24-33(29-16-15-28(49-4)23-35(29)44(24)37(46)25-11-13-26(40)14-12-25)22-27(45)8-5-6-19-41-20-21-43-38(47)31-10-7-9-30-34(42(2)3)18-17-32(36(30)31)39(43)48/h7,9-18,23-24,35,41H,5-6,8,19-22H2,1-4H3. The first kappa shape index (κ1) is 34.1. The highest BCUT2D eigenvalue weighted by atomic mass is 35.5. The number of fused-ring (bicyclic) bond motifs is 1. The molecule has 0 bridgehead atoms. The van der Waals surface area contributed by atoms with E-state index in [2.05, 4.69) is 5.32 Å². The number of hydrogen-bond donors (Lipinski definition) is 1. The molecule has 1 N–H and O–H groups in total. The van der Waals surface area contributed by atoms with E-state index in [0.29, 0.717) is 58.8 Å². The topological polar surface area (TPSA) is 99.3 Å². The third-order valence-electron chi connectivity index (χ3n) is 9.63. The monoisotopic (exact) mass is 680 g/mol. The van der Waals surface area contributed by atoms with Crippen LogP contribution in [0.15, 0.2) is 89.7 Å². The van der Waals surface area contributed by atoms with Gasteiger partial charge in [-0.15, -0.1) is 0 Å². The number of nitrogens with zero attached hydrogens (tertiary/aromatic N) is 3. The Bertz CT molecular complexity index is 1890.